The van der Waals surface area contributed by atoms with Crippen molar-refractivity contribution in [1.29, 1.82) is 0 Å². The zero-order valence-corrected chi connectivity index (χ0v) is 11.0. The van der Waals surface area contributed by atoms with Gasteiger partial charge in [-0.1, -0.05) is 6.07 Å². The topological polar surface area (TPSA) is 73.6 Å². The van der Waals surface area contributed by atoms with Crippen LogP contribution in [0.25, 0.3) is 0 Å². The summed E-state index contributed by atoms with van der Waals surface area (Å²) in [5.74, 6) is 0.974. The fourth-order valence-electron chi connectivity index (χ4n) is 1.49. The molecule has 5 nitrogen and oxygen atoms in total. The van der Waals surface area contributed by atoms with Crippen LogP contribution in [0.4, 0.5) is 0 Å². The number of benzene rings is 1. The third-order valence-corrected chi connectivity index (χ3v) is 2.46. The molecule has 0 aliphatic rings. The Labute approximate surface area is 107 Å². The van der Waals surface area contributed by atoms with Crippen molar-refractivity contribution in [2.75, 3.05) is 13.7 Å². The maximum absolute atomic E-state index is 11.4. The van der Waals surface area contributed by atoms with Crippen LogP contribution in [0.5, 0.6) is 11.5 Å². The Kier molecular flexibility index (Phi) is 5.45. The van der Waals surface area contributed by atoms with Crippen LogP contribution in [-0.4, -0.2) is 25.7 Å². The van der Waals surface area contributed by atoms with Gasteiger partial charge >= 0.3 is 0 Å². The number of carbonyl (C=O) groups excluding carboxylic acids is 1. The molecule has 0 bridgehead atoms. The summed E-state index contributed by atoms with van der Waals surface area (Å²) in [6, 6.07) is 5.45. The molecular formula is C13H20N2O3. The molecule has 0 radical (unpaired) electrons. The van der Waals surface area contributed by atoms with Crippen molar-refractivity contribution in [1.82, 2.24) is 5.32 Å². The summed E-state index contributed by atoms with van der Waals surface area (Å²) >= 11 is 0. The average molecular weight is 252 g/mol. The molecule has 0 heterocycles. The van der Waals surface area contributed by atoms with Crippen molar-refractivity contribution in [3.63, 3.8) is 0 Å². The fourth-order valence-corrected chi connectivity index (χ4v) is 1.49. The highest BCUT2D eigenvalue weighted by molar-refractivity contribution is 5.80. The van der Waals surface area contributed by atoms with Crippen LogP contribution < -0.4 is 20.5 Å². The van der Waals surface area contributed by atoms with Gasteiger partial charge in [0.25, 0.3) is 5.91 Å². The Morgan fingerprint density at radius 2 is 2.17 bits per heavy atom. The van der Waals surface area contributed by atoms with Gasteiger partial charge in [-0.05, 0) is 31.5 Å². The van der Waals surface area contributed by atoms with Crippen LogP contribution in [-0.2, 0) is 11.3 Å². The molecule has 0 fully saturated rings. The van der Waals surface area contributed by atoms with Crippen molar-refractivity contribution < 1.29 is 14.3 Å². The lowest BCUT2D eigenvalue weighted by atomic mass is 10.2. The molecule has 0 aromatic heterocycles. The molecule has 0 aliphatic heterocycles. The van der Waals surface area contributed by atoms with Gasteiger partial charge in [0.15, 0.2) is 17.6 Å². The Morgan fingerprint density at radius 3 is 2.72 bits per heavy atom. The van der Waals surface area contributed by atoms with Crippen LogP contribution in [0.2, 0.25) is 0 Å². The highest BCUT2D eigenvalue weighted by Crippen LogP contribution is 2.29. The lowest BCUT2D eigenvalue weighted by molar-refractivity contribution is -0.126. The van der Waals surface area contributed by atoms with E-state index in [1.165, 1.54) is 0 Å². The minimum Gasteiger partial charge on any atom is -0.490 e. The molecule has 1 rings (SSSR count). The SMILES string of the molecule is CCOc1cc(CN)ccc1OC(C)C(=O)NC. The summed E-state index contributed by atoms with van der Waals surface area (Å²) < 4.78 is 11.1. The van der Waals surface area contributed by atoms with E-state index in [2.05, 4.69) is 5.32 Å². The minimum absolute atomic E-state index is 0.180. The molecular weight excluding hydrogens is 232 g/mol. The van der Waals surface area contributed by atoms with Gasteiger partial charge in [-0.25, -0.2) is 0 Å². The Hall–Kier alpha value is -1.75. The van der Waals surface area contributed by atoms with E-state index in [1.807, 2.05) is 19.1 Å². The molecule has 5 heteroatoms. The molecule has 1 unspecified atom stereocenters. The smallest absolute Gasteiger partial charge is 0.260 e. The molecule has 0 saturated carbocycles. The number of rotatable bonds is 6. The zero-order valence-electron chi connectivity index (χ0n) is 11.0. The van der Waals surface area contributed by atoms with E-state index in [-0.39, 0.29) is 5.91 Å². The summed E-state index contributed by atoms with van der Waals surface area (Å²) in [6.07, 6.45) is -0.571. The minimum atomic E-state index is -0.571. The maximum atomic E-state index is 11.4. The maximum Gasteiger partial charge on any atom is 0.260 e. The largest absolute Gasteiger partial charge is 0.490 e. The Balaban J connectivity index is 2.89. The van der Waals surface area contributed by atoms with Crippen molar-refractivity contribution >= 4 is 5.91 Å². The highest BCUT2D eigenvalue weighted by Gasteiger charge is 2.15. The summed E-state index contributed by atoms with van der Waals surface area (Å²) in [5.41, 5.74) is 6.53. The first-order chi connectivity index (χ1) is 8.62. The van der Waals surface area contributed by atoms with Gasteiger partial charge in [0.1, 0.15) is 0 Å². The lowest BCUT2D eigenvalue weighted by Crippen LogP contribution is -2.33. The summed E-state index contributed by atoms with van der Waals surface area (Å²) in [5, 5.41) is 2.53. The quantitative estimate of drug-likeness (QED) is 0.794. The number of likely N-dealkylation sites (N-methyl/N-ethyl adjacent to an activating group) is 1. The van der Waals surface area contributed by atoms with E-state index in [0.717, 1.165) is 5.56 Å². The second kappa shape index (κ2) is 6.86. The first-order valence-corrected chi connectivity index (χ1v) is 5.96. The van der Waals surface area contributed by atoms with Gasteiger partial charge in [0.2, 0.25) is 0 Å². The first kappa shape index (κ1) is 14.3. The van der Waals surface area contributed by atoms with Gasteiger partial charge in [-0.15, -0.1) is 0 Å². The molecule has 1 amide bonds. The third-order valence-electron chi connectivity index (χ3n) is 2.46. The average Bonchev–Trinajstić information content (AvgIpc) is 2.39. The van der Waals surface area contributed by atoms with E-state index in [0.29, 0.717) is 24.7 Å². The molecule has 0 aliphatic carbocycles. The van der Waals surface area contributed by atoms with Crippen LogP contribution in [0.1, 0.15) is 19.4 Å². The number of amides is 1. The molecule has 1 aromatic carbocycles. The Bertz CT molecular complexity index is 407. The first-order valence-electron chi connectivity index (χ1n) is 5.96. The van der Waals surface area contributed by atoms with Crippen LogP contribution >= 0.6 is 0 Å². The zero-order chi connectivity index (χ0) is 13.5. The molecule has 1 atom stereocenters. The van der Waals surface area contributed by atoms with Gasteiger partial charge in [-0.3, -0.25) is 4.79 Å². The summed E-state index contributed by atoms with van der Waals surface area (Å²) in [6.45, 7) is 4.54. The number of ether oxygens (including phenoxy) is 2. The van der Waals surface area contributed by atoms with E-state index in [1.54, 1.807) is 20.0 Å². The van der Waals surface area contributed by atoms with Crippen LogP contribution in [0, 0.1) is 0 Å². The van der Waals surface area contributed by atoms with E-state index < -0.39 is 6.10 Å². The second-order valence-corrected chi connectivity index (χ2v) is 3.79. The lowest BCUT2D eigenvalue weighted by Gasteiger charge is -2.17. The van der Waals surface area contributed by atoms with Crippen LogP contribution in [0.3, 0.4) is 0 Å². The van der Waals surface area contributed by atoms with Gasteiger partial charge in [0, 0.05) is 13.6 Å². The summed E-state index contributed by atoms with van der Waals surface area (Å²) in [7, 11) is 1.57. The predicted molar refractivity (Wildman–Crippen MR) is 69.7 cm³/mol. The standard InChI is InChI=1S/C13H20N2O3/c1-4-17-12-7-10(8-14)5-6-11(12)18-9(2)13(16)15-3/h5-7,9H,4,8,14H2,1-3H3,(H,15,16). The van der Waals surface area contributed by atoms with E-state index in [4.69, 9.17) is 15.2 Å². The van der Waals surface area contributed by atoms with Crippen molar-refractivity contribution in [3.8, 4) is 11.5 Å². The highest BCUT2D eigenvalue weighted by atomic mass is 16.5. The number of nitrogens with two attached hydrogens (primary N) is 1. The fraction of sp³-hybridized carbons (Fsp3) is 0.462. The number of hydrogen-bond donors (Lipinski definition) is 2. The second-order valence-electron chi connectivity index (χ2n) is 3.79. The normalized spacial score (nSPS) is 11.8. The molecule has 100 valence electrons. The molecule has 1 aromatic rings. The molecule has 18 heavy (non-hydrogen) atoms. The van der Waals surface area contributed by atoms with Gasteiger partial charge in [-0.2, -0.15) is 0 Å². The number of hydrogen-bond acceptors (Lipinski definition) is 4. The third kappa shape index (κ3) is 3.63. The van der Waals surface area contributed by atoms with Crippen LogP contribution in [0.15, 0.2) is 18.2 Å². The molecule has 3 N–H and O–H groups in total. The molecule has 0 spiro atoms. The number of nitrogens with one attached hydrogen (secondary N) is 1. The Morgan fingerprint density at radius 1 is 1.44 bits per heavy atom. The monoisotopic (exact) mass is 252 g/mol. The van der Waals surface area contributed by atoms with Crippen molar-refractivity contribution in [2.45, 2.75) is 26.5 Å². The molecule has 0 saturated heterocycles. The van der Waals surface area contributed by atoms with Crippen molar-refractivity contribution in [2.24, 2.45) is 5.73 Å². The van der Waals surface area contributed by atoms with E-state index in [9.17, 15) is 4.79 Å². The van der Waals surface area contributed by atoms with E-state index >= 15 is 0 Å². The van der Waals surface area contributed by atoms with Gasteiger partial charge < -0.3 is 20.5 Å². The number of carbonyl (C=O) groups is 1. The summed E-state index contributed by atoms with van der Waals surface area (Å²) in [4.78, 5) is 11.4. The van der Waals surface area contributed by atoms with Gasteiger partial charge in [0.05, 0.1) is 6.61 Å². The van der Waals surface area contributed by atoms with Crippen molar-refractivity contribution in [3.05, 3.63) is 23.8 Å². The predicted octanol–water partition coefficient (Wildman–Crippen LogP) is 1.06.